The Balaban J connectivity index is 1.72. The van der Waals surface area contributed by atoms with Crippen LogP contribution in [0.3, 0.4) is 0 Å². The molecule has 0 bridgehead atoms. The van der Waals surface area contributed by atoms with Gasteiger partial charge in [0.2, 0.25) is 0 Å². The molecular weight excluding hydrogens is 325 g/mol. The molecule has 5 heteroatoms. The second-order valence-electron chi connectivity index (χ2n) is 4.45. The Morgan fingerprint density at radius 1 is 1.05 bits per heavy atom. The van der Waals surface area contributed by atoms with Gasteiger partial charge in [-0.15, -0.1) is 0 Å². The highest BCUT2D eigenvalue weighted by atomic mass is 79.9. The van der Waals surface area contributed by atoms with Crippen molar-refractivity contribution in [1.29, 1.82) is 0 Å². The summed E-state index contributed by atoms with van der Waals surface area (Å²) >= 11 is 3.36. The fourth-order valence-corrected chi connectivity index (χ4v) is 2.51. The Bertz CT molecular complexity index is 633. The number of rotatable bonds is 3. The van der Waals surface area contributed by atoms with Crippen molar-refractivity contribution >= 4 is 21.6 Å². The molecule has 1 aliphatic rings. The third-order valence-electron chi connectivity index (χ3n) is 3.04. The maximum Gasteiger partial charge on any atom is 0.163 e. The minimum Gasteiger partial charge on any atom is -0.486 e. The molecule has 20 heavy (non-hydrogen) atoms. The van der Waals surface area contributed by atoms with E-state index in [0.29, 0.717) is 19.8 Å². The van der Waals surface area contributed by atoms with Crippen molar-refractivity contribution in [2.45, 2.75) is 6.54 Å². The smallest absolute Gasteiger partial charge is 0.163 e. The Hall–Kier alpha value is -1.75. The van der Waals surface area contributed by atoms with Gasteiger partial charge in [0.05, 0.1) is 0 Å². The normalized spacial score (nSPS) is 13.1. The summed E-state index contributed by atoms with van der Waals surface area (Å²) in [5, 5.41) is 3.28. The van der Waals surface area contributed by atoms with Crippen molar-refractivity contribution in [2.75, 3.05) is 18.5 Å². The van der Waals surface area contributed by atoms with Gasteiger partial charge < -0.3 is 14.8 Å². The molecule has 0 amide bonds. The van der Waals surface area contributed by atoms with Crippen molar-refractivity contribution in [2.24, 2.45) is 0 Å². The summed E-state index contributed by atoms with van der Waals surface area (Å²) in [7, 11) is 0. The van der Waals surface area contributed by atoms with E-state index < -0.39 is 0 Å². The van der Waals surface area contributed by atoms with E-state index in [-0.39, 0.29) is 5.82 Å². The number of ether oxygens (including phenoxy) is 2. The van der Waals surface area contributed by atoms with Gasteiger partial charge in [0.15, 0.2) is 11.5 Å². The number of halogens is 2. The standard InChI is InChI=1S/C15H13BrFNO2/c16-13-7-11(17)2-1-10(13)9-18-12-3-4-14-15(8-12)20-6-5-19-14/h1-4,7-8,18H,5-6,9H2. The third-order valence-corrected chi connectivity index (χ3v) is 3.78. The van der Waals surface area contributed by atoms with Gasteiger partial charge in [-0.2, -0.15) is 0 Å². The zero-order chi connectivity index (χ0) is 13.9. The Kier molecular flexibility index (Phi) is 3.78. The highest BCUT2D eigenvalue weighted by Gasteiger charge is 2.11. The van der Waals surface area contributed by atoms with Gasteiger partial charge in [0.25, 0.3) is 0 Å². The lowest BCUT2D eigenvalue weighted by Crippen LogP contribution is -2.15. The van der Waals surface area contributed by atoms with E-state index in [1.165, 1.54) is 12.1 Å². The lowest BCUT2D eigenvalue weighted by Gasteiger charge is -2.19. The quantitative estimate of drug-likeness (QED) is 0.919. The van der Waals surface area contributed by atoms with Crippen LogP contribution in [0.25, 0.3) is 0 Å². The molecule has 0 spiro atoms. The fourth-order valence-electron chi connectivity index (χ4n) is 2.02. The monoisotopic (exact) mass is 337 g/mol. The van der Waals surface area contributed by atoms with Gasteiger partial charge >= 0.3 is 0 Å². The number of anilines is 1. The van der Waals surface area contributed by atoms with Crippen LogP contribution in [0.1, 0.15) is 5.56 Å². The predicted molar refractivity (Wildman–Crippen MR) is 78.9 cm³/mol. The maximum atomic E-state index is 13.0. The van der Waals surface area contributed by atoms with E-state index in [1.807, 2.05) is 18.2 Å². The number of nitrogens with one attached hydrogen (secondary N) is 1. The fraction of sp³-hybridized carbons (Fsp3) is 0.200. The second-order valence-corrected chi connectivity index (χ2v) is 5.30. The molecule has 2 aromatic rings. The number of hydrogen-bond donors (Lipinski definition) is 1. The van der Waals surface area contributed by atoms with Crippen LogP contribution in [-0.2, 0) is 6.54 Å². The van der Waals surface area contributed by atoms with Crippen LogP contribution in [-0.4, -0.2) is 13.2 Å². The van der Waals surface area contributed by atoms with Crippen LogP contribution in [0.15, 0.2) is 40.9 Å². The first-order valence-corrected chi connectivity index (χ1v) is 7.09. The molecule has 0 unspecified atom stereocenters. The SMILES string of the molecule is Fc1ccc(CNc2ccc3c(c2)OCCO3)c(Br)c1. The molecule has 1 aliphatic heterocycles. The molecule has 0 radical (unpaired) electrons. The minimum atomic E-state index is -0.250. The van der Waals surface area contributed by atoms with E-state index in [9.17, 15) is 4.39 Å². The summed E-state index contributed by atoms with van der Waals surface area (Å²) in [5.74, 6) is 1.27. The summed E-state index contributed by atoms with van der Waals surface area (Å²) in [6.45, 7) is 1.75. The molecule has 0 aromatic heterocycles. The molecule has 3 rings (SSSR count). The van der Waals surface area contributed by atoms with Crippen LogP contribution in [0.5, 0.6) is 11.5 Å². The maximum absolute atomic E-state index is 13.0. The molecule has 104 valence electrons. The topological polar surface area (TPSA) is 30.5 Å². The van der Waals surface area contributed by atoms with Gasteiger partial charge in [-0.25, -0.2) is 4.39 Å². The van der Waals surface area contributed by atoms with E-state index >= 15 is 0 Å². The largest absolute Gasteiger partial charge is 0.486 e. The van der Waals surface area contributed by atoms with Crippen LogP contribution < -0.4 is 14.8 Å². The molecule has 0 atom stereocenters. The highest BCUT2D eigenvalue weighted by molar-refractivity contribution is 9.10. The zero-order valence-electron chi connectivity index (χ0n) is 10.7. The Morgan fingerprint density at radius 3 is 2.65 bits per heavy atom. The third kappa shape index (κ3) is 2.88. The lowest BCUT2D eigenvalue weighted by atomic mass is 10.2. The average molecular weight is 338 g/mol. The molecule has 0 saturated heterocycles. The predicted octanol–water partition coefficient (Wildman–Crippen LogP) is 3.97. The Morgan fingerprint density at radius 2 is 1.85 bits per heavy atom. The molecule has 0 saturated carbocycles. The number of hydrogen-bond acceptors (Lipinski definition) is 3. The lowest BCUT2D eigenvalue weighted by molar-refractivity contribution is 0.171. The van der Waals surface area contributed by atoms with E-state index in [2.05, 4.69) is 21.2 Å². The molecule has 1 N–H and O–H groups in total. The summed E-state index contributed by atoms with van der Waals surface area (Å²) < 4.78 is 24.8. The summed E-state index contributed by atoms with van der Waals surface area (Å²) in [5.41, 5.74) is 1.92. The van der Waals surface area contributed by atoms with Gasteiger partial charge in [-0.05, 0) is 29.8 Å². The molecule has 0 fully saturated rings. The van der Waals surface area contributed by atoms with Crippen LogP contribution in [0, 0.1) is 5.82 Å². The number of benzene rings is 2. The van der Waals surface area contributed by atoms with Crippen molar-refractivity contribution in [3.63, 3.8) is 0 Å². The van der Waals surface area contributed by atoms with Gasteiger partial charge in [0.1, 0.15) is 19.0 Å². The molecule has 2 aromatic carbocycles. The summed E-state index contributed by atoms with van der Waals surface area (Å²) in [6.07, 6.45) is 0. The van der Waals surface area contributed by atoms with Crippen molar-refractivity contribution in [1.82, 2.24) is 0 Å². The Labute approximate surface area is 124 Å². The first kappa shape index (κ1) is 13.2. The van der Waals surface area contributed by atoms with E-state index in [4.69, 9.17) is 9.47 Å². The summed E-state index contributed by atoms with van der Waals surface area (Å²) in [4.78, 5) is 0. The first-order chi connectivity index (χ1) is 9.72. The van der Waals surface area contributed by atoms with Crippen molar-refractivity contribution < 1.29 is 13.9 Å². The van der Waals surface area contributed by atoms with E-state index in [1.54, 1.807) is 6.07 Å². The number of fused-ring (bicyclic) bond motifs is 1. The highest BCUT2D eigenvalue weighted by Crippen LogP contribution is 2.32. The van der Waals surface area contributed by atoms with E-state index in [0.717, 1.165) is 27.2 Å². The first-order valence-electron chi connectivity index (χ1n) is 6.30. The van der Waals surface area contributed by atoms with Gasteiger partial charge in [0, 0.05) is 22.8 Å². The minimum absolute atomic E-state index is 0.250. The molecule has 3 nitrogen and oxygen atoms in total. The van der Waals surface area contributed by atoms with Gasteiger partial charge in [-0.3, -0.25) is 0 Å². The second kappa shape index (κ2) is 5.71. The zero-order valence-corrected chi connectivity index (χ0v) is 12.2. The van der Waals surface area contributed by atoms with Crippen LogP contribution in [0.4, 0.5) is 10.1 Å². The van der Waals surface area contributed by atoms with Gasteiger partial charge in [-0.1, -0.05) is 22.0 Å². The molecule has 1 heterocycles. The van der Waals surface area contributed by atoms with Crippen molar-refractivity contribution in [3.05, 3.63) is 52.3 Å². The van der Waals surface area contributed by atoms with Crippen molar-refractivity contribution in [3.8, 4) is 11.5 Å². The van der Waals surface area contributed by atoms with Crippen LogP contribution >= 0.6 is 15.9 Å². The van der Waals surface area contributed by atoms with Crippen LogP contribution in [0.2, 0.25) is 0 Å². The summed E-state index contributed by atoms with van der Waals surface area (Å²) in [6, 6.07) is 10.4. The molecule has 0 aliphatic carbocycles. The average Bonchev–Trinajstić information content (AvgIpc) is 2.46. The molecular formula is C15H13BrFNO2.